The van der Waals surface area contributed by atoms with Crippen LogP contribution in [0.5, 0.6) is 0 Å². The number of rotatable bonds is 4. The minimum Gasteiger partial charge on any atom is -0.348 e. The van der Waals surface area contributed by atoms with Gasteiger partial charge in [-0.05, 0) is 29.8 Å². The molecule has 108 valence electrons. The summed E-state index contributed by atoms with van der Waals surface area (Å²) in [6.45, 7) is 0.0558. The SMILES string of the molecule is O=C(NCc1cccc(F)c1)c1cc(Cl)ccc1[N+](=O)[O-]. The summed E-state index contributed by atoms with van der Waals surface area (Å²) in [5, 5.41) is 13.6. The van der Waals surface area contributed by atoms with E-state index >= 15 is 0 Å². The first-order valence-corrected chi connectivity index (χ1v) is 6.32. The minimum atomic E-state index is -0.659. The Balaban J connectivity index is 2.17. The number of nitro groups is 1. The summed E-state index contributed by atoms with van der Waals surface area (Å²) >= 11 is 5.75. The van der Waals surface area contributed by atoms with Crippen LogP contribution in [0.2, 0.25) is 5.02 Å². The molecule has 0 saturated carbocycles. The number of benzene rings is 2. The Kier molecular flexibility index (Phi) is 4.49. The van der Waals surface area contributed by atoms with Crippen molar-refractivity contribution in [3.63, 3.8) is 0 Å². The van der Waals surface area contributed by atoms with E-state index in [1.807, 2.05) is 0 Å². The predicted molar refractivity (Wildman–Crippen MR) is 75.7 cm³/mol. The second kappa shape index (κ2) is 6.32. The van der Waals surface area contributed by atoms with Crippen LogP contribution in [-0.2, 0) is 6.54 Å². The Bertz CT molecular complexity index is 706. The third kappa shape index (κ3) is 3.76. The van der Waals surface area contributed by atoms with Gasteiger partial charge in [0.25, 0.3) is 11.6 Å². The van der Waals surface area contributed by atoms with E-state index in [9.17, 15) is 19.3 Å². The summed E-state index contributed by atoms with van der Waals surface area (Å²) < 4.78 is 13.0. The first kappa shape index (κ1) is 14.9. The summed E-state index contributed by atoms with van der Waals surface area (Å²) in [5.74, 6) is -1.07. The molecule has 0 saturated heterocycles. The lowest BCUT2D eigenvalue weighted by Gasteiger charge is -2.06. The lowest BCUT2D eigenvalue weighted by atomic mass is 10.1. The van der Waals surface area contributed by atoms with Gasteiger partial charge in [0.2, 0.25) is 0 Å². The van der Waals surface area contributed by atoms with E-state index in [2.05, 4.69) is 5.32 Å². The van der Waals surface area contributed by atoms with Crippen molar-refractivity contribution in [3.05, 3.63) is 74.5 Å². The smallest absolute Gasteiger partial charge is 0.282 e. The molecule has 2 aromatic rings. The van der Waals surface area contributed by atoms with Crippen molar-refractivity contribution in [3.8, 4) is 0 Å². The van der Waals surface area contributed by atoms with E-state index in [1.165, 1.54) is 36.4 Å². The molecule has 0 bridgehead atoms. The fourth-order valence-electron chi connectivity index (χ4n) is 1.77. The third-order valence-electron chi connectivity index (χ3n) is 2.74. The van der Waals surface area contributed by atoms with Gasteiger partial charge in [-0.2, -0.15) is 0 Å². The molecule has 0 radical (unpaired) electrons. The van der Waals surface area contributed by atoms with Gasteiger partial charge in [-0.25, -0.2) is 4.39 Å². The summed E-state index contributed by atoms with van der Waals surface area (Å²) in [5.41, 5.74) is 0.0769. The second-order valence-corrected chi connectivity index (χ2v) is 4.67. The molecule has 7 heteroatoms. The van der Waals surface area contributed by atoms with Gasteiger partial charge in [0.15, 0.2) is 0 Å². The van der Waals surface area contributed by atoms with Crippen LogP contribution in [0.1, 0.15) is 15.9 Å². The van der Waals surface area contributed by atoms with Gasteiger partial charge in [0, 0.05) is 17.6 Å². The lowest BCUT2D eigenvalue weighted by Crippen LogP contribution is -2.23. The maximum absolute atomic E-state index is 13.0. The zero-order valence-corrected chi connectivity index (χ0v) is 11.4. The molecule has 1 amide bonds. The number of amides is 1. The van der Waals surface area contributed by atoms with Crippen LogP contribution in [0, 0.1) is 15.9 Å². The van der Waals surface area contributed by atoms with Crippen molar-refractivity contribution in [2.45, 2.75) is 6.54 Å². The first-order valence-electron chi connectivity index (χ1n) is 5.94. The maximum Gasteiger partial charge on any atom is 0.282 e. The zero-order chi connectivity index (χ0) is 15.4. The Hall–Kier alpha value is -2.47. The fourth-order valence-corrected chi connectivity index (χ4v) is 1.95. The van der Waals surface area contributed by atoms with Gasteiger partial charge in [-0.3, -0.25) is 14.9 Å². The molecule has 0 aliphatic carbocycles. The van der Waals surface area contributed by atoms with E-state index in [1.54, 1.807) is 6.07 Å². The summed E-state index contributed by atoms with van der Waals surface area (Å²) in [6.07, 6.45) is 0. The Morgan fingerprint density at radius 2 is 2.05 bits per heavy atom. The average molecular weight is 309 g/mol. The van der Waals surface area contributed by atoms with Crippen molar-refractivity contribution in [1.82, 2.24) is 5.32 Å². The van der Waals surface area contributed by atoms with Crippen LogP contribution in [0.15, 0.2) is 42.5 Å². The van der Waals surface area contributed by atoms with Gasteiger partial charge in [0.1, 0.15) is 11.4 Å². The van der Waals surface area contributed by atoms with Crippen molar-refractivity contribution in [2.24, 2.45) is 0 Å². The number of nitro benzene ring substituents is 1. The quantitative estimate of drug-likeness (QED) is 0.695. The highest BCUT2D eigenvalue weighted by molar-refractivity contribution is 6.31. The van der Waals surface area contributed by atoms with Crippen molar-refractivity contribution in [1.29, 1.82) is 0 Å². The van der Waals surface area contributed by atoms with Gasteiger partial charge >= 0.3 is 0 Å². The van der Waals surface area contributed by atoms with E-state index in [0.29, 0.717) is 5.56 Å². The Morgan fingerprint density at radius 1 is 1.29 bits per heavy atom. The van der Waals surface area contributed by atoms with Crippen molar-refractivity contribution >= 4 is 23.2 Å². The number of hydrogen-bond acceptors (Lipinski definition) is 3. The fraction of sp³-hybridized carbons (Fsp3) is 0.0714. The molecule has 5 nitrogen and oxygen atoms in total. The highest BCUT2D eigenvalue weighted by atomic mass is 35.5. The number of carbonyl (C=O) groups excluding carboxylic acids is 1. The third-order valence-corrected chi connectivity index (χ3v) is 2.98. The minimum absolute atomic E-state index is 0.0558. The van der Waals surface area contributed by atoms with E-state index < -0.39 is 16.6 Å². The largest absolute Gasteiger partial charge is 0.348 e. The summed E-state index contributed by atoms with van der Waals surface area (Å²) in [6, 6.07) is 9.43. The van der Waals surface area contributed by atoms with E-state index in [0.717, 1.165) is 0 Å². The number of nitrogens with zero attached hydrogens (tertiary/aromatic N) is 1. The molecular weight excluding hydrogens is 299 g/mol. The Morgan fingerprint density at radius 3 is 2.71 bits per heavy atom. The molecule has 2 rings (SSSR count). The Labute approximate surface area is 124 Å². The molecule has 0 atom stereocenters. The first-order chi connectivity index (χ1) is 9.97. The zero-order valence-electron chi connectivity index (χ0n) is 10.7. The van der Waals surface area contributed by atoms with Crippen LogP contribution in [-0.4, -0.2) is 10.8 Å². The standard InChI is InChI=1S/C14H10ClFN2O3/c15-10-4-5-13(18(20)21)12(7-10)14(19)17-8-9-2-1-3-11(16)6-9/h1-7H,8H2,(H,17,19). The molecule has 21 heavy (non-hydrogen) atoms. The number of halogens is 2. The highest BCUT2D eigenvalue weighted by Crippen LogP contribution is 2.22. The molecule has 0 aliphatic rings. The molecule has 2 aromatic carbocycles. The van der Waals surface area contributed by atoms with Crippen LogP contribution >= 0.6 is 11.6 Å². The van der Waals surface area contributed by atoms with Crippen LogP contribution in [0.4, 0.5) is 10.1 Å². The molecule has 1 N–H and O–H groups in total. The average Bonchev–Trinajstić information content (AvgIpc) is 2.44. The monoisotopic (exact) mass is 308 g/mol. The molecule has 0 aliphatic heterocycles. The van der Waals surface area contributed by atoms with Crippen molar-refractivity contribution < 1.29 is 14.1 Å². The molecule has 0 unspecified atom stereocenters. The molecule has 0 fully saturated rings. The van der Waals surface area contributed by atoms with E-state index in [4.69, 9.17) is 11.6 Å². The topological polar surface area (TPSA) is 72.2 Å². The van der Waals surface area contributed by atoms with E-state index in [-0.39, 0.29) is 22.8 Å². The van der Waals surface area contributed by atoms with Gasteiger partial charge < -0.3 is 5.32 Å². The highest BCUT2D eigenvalue weighted by Gasteiger charge is 2.20. The maximum atomic E-state index is 13.0. The molecular formula is C14H10ClFN2O3. The number of carbonyl (C=O) groups is 1. The number of hydrogen-bond donors (Lipinski definition) is 1. The lowest BCUT2D eigenvalue weighted by molar-refractivity contribution is -0.385. The summed E-state index contributed by atoms with van der Waals surface area (Å²) in [4.78, 5) is 22.2. The molecule has 0 heterocycles. The summed E-state index contributed by atoms with van der Waals surface area (Å²) in [7, 11) is 0. The normalized spacial score (nSPS) is 10.2. The van der Waals surface area contributed by atoms with Gasteiger partial charge in [0.05, 0.1) is 4.92 Å². The second-order valence-electron chi connectivity index (χ2n) is 4.23. The molecule has 0 spiro atoms. The van der Waals surface area contributed by atoms with Gasteiger partial charge in [-0.15, -0.1) is 0 Å². The van der Waals surface area contributed by atoms with Gasteiger partial charge in [-0.1, -0.05) is 23.7 Å². The molecule has 0 aromatic heterocycles. The van der Waals surface area contributed by atoms with Crippen LogP contribution in [0.3, 0.4) is 0 Å². The van der Waals surface area contributed by atoms with Crippen LogP contribution in [0.25, 0.3) is 0 Å². The van der Waals surface area contributed by atoms with Crippen LogP contribution < -0.4 is 5.32 Å². The predicted octanol–water partition coefficient (Wildman–Crippen LogP) is 3.32. The van der Waals surface area contributed by atoms with Crippen molar-refractivity contribution in [2.75, 3.05) is 0 Å². The number of nitrogens with one attached hydrogen (secondary N) is 1.